The molecule has 0 aromatic carbocycles. The van der Waals surface area contributed by atoms with Crippen LogP contribution in [0.4, 0.5) is 0 Å². The van der Waals surface area contributed by atoms with Crippen LogP contribution in [0.2, 0.25) is 0 Å². The predicted molar refractivity (Wildman–Crippen MR) is 156 cm³/mol. The van der Waals surface area contributed by atoms with E-state index < -0.39 is 5.60 Å². The summed E-state index contributed by atoms with van der Waals surface area (Å²) in [5.41, 5.74) is -0.459. The zero-order valence-electron chi connectivity index (χ0n) is 24.2. The van der Waals surface area contributed by atoms with Gasteiger partial charge >= 0.3 is 11.9 Å². The minimum atomic E-state index is -0.459. The first kappa shape index (κ1) is 34.6. The maximum atomic E-state index is 12.0. The third-order valence-electron chi connectivity index (χ3n) is 5.38. The third-order valence-corrected chi connectivity index (χ3v) is 5.38. The van der Waals surface area contributed by atoms with Gasteiger partial charge in [-0.3, -0.25) is 9.59 Å². The van der Waals surface area contributed by atoms with Gasteiger partial charge in [0.1, 0.15) is 11.6 Å². The minimum absolute atomic E-state index is 0.190. The van der Waals surface area contributed by atoms with Crippen LogP contribution >= 0.6 is 0 Å². The minimum Gasteiger partial charge on any atom is -0.468 e. The van der Waals surface area contributed by atoms with Crippen LogP contribution in [0.5, 0.6) is 0 Å². The van der Waals surface area contributed by atoms with Crippen molar-refractivity contribution < 1.29 is 19.1 Å². The van der Waals surface area contributed by atoms with Crippen LogP contribution in [-0.2, 0) is 19.1 Å². The molecule has 0 saturated carbocycles. The highest BCUT2D eigenvalue weighted by molar-refractivity contribution is 5.75. The molecule has 5 heteroatoms. The zero-order valence-corrected chi connectivity index (χ0v) is 24.2. The van der Waals surface area contributed by atoms with Gasteiger partial charge in [-0.2, -0.15) is 0 Å². The summed E-state index contributed by atoms with van der Waals surface area (Å²) in [5, 5.41) is 3.31. The lowest BCUT2D eigenvalue weighted by atomic mass is 10.1. The van der Waals surface area contributed by atoms with E-state index in [0.29, 0.717) is 19.3 Å². The normalized spacial score (nSPS) is 13.5. The Kier molecular flexibility index (Phi) is 22.4. The van der Waals surface area contributed by atoms with E-state index in [1.54, 1.807) is 0 Å². The molecule has 37 heavy (non-hydrogen) atoms. The highest BCUT2D eigenvalue weighted by atomic mass is 16.6. The molecule has 0 unspecified atom stereocenters. The number of ether oxygens (including phenoxy) is 2. The standard InChI is InChI=1S/C32H53NO4/c1-6-7-8-9-10-11-12-13-14-15-16-17-18-19-20-21-22-25-28-33-29(31(35)36-5)26-23-24-27-30(34)37-32(2,3)4/h7-8,10-11,13-14,16-17,19-20,29,33H,6,9,12,15,18,21-28H2,1-5H3/b8-7-,11-10?,14-13?,17-16-,20-19-/t29-/m0/s1. The molecule has 0 saturated heterocycles. The lowest BCUT2D eigenvalue weighted by Crippen LogP contribution is -2.38. The SMILES string of the molecule is CC/C=C\CC=CCC=CC/C=C\C/C=C\CCCCN[C@@H](CCCCC(=O)OC(C)(C)C)C(=O)OC. The first-order valence-electron chi connectivity index (χ1n) is 14.1. The van der Waals surface area contributed by atoms with Gasteiger partial charge in [0.25, 0.3) is 0 Å². The second-order valence-corrected chi connectivity index (χ2v) is 10.1. The fourth-order valence-electron chi connectivity index (χ4n) is 3.49. The molecule has 0 heterocycles. The molecule has 0 aliphatic carbocycles. The summed E-state index contributed by atoms with van der Waals surface area (Å²) in [4.78, 5) is 23.9. The highest BCUT2D eigenvalue weighted by Gasteiger charge is 2.19. The molecule has 5 nitrogen and oxygen atoms in total. The van der Waals surface area contributed by atoms with Gasteiger partial charge in [-0.15, -0.1) is 0 Å². The molecule has 0 aromatic rings. The van der Waals surface area contributed by atoms with Crippen LogP contribution in [0.25, 0.3) is 0 Å². The Morgan fingerprint density at radius 3 is 1.81 bits per heavy atom. The molecule has 0 bridgehead atoms. The predicted octanol–water partition coefficient (Wildman–Crippen LogP) is 7.94. The number of carbonyl (C=O) groups is 2. The lowest BCUT2D eigenvalue weighted by Gasteiger charge is -2.19. The summed E-state index contributed by atoms with van der Waals surface area (Å²) >= 11 is 0. The van der Waals surface area contributed by atoms with E-state index in [0.717, 1.165) is 64.3 Å². The van der Waals surface area contributed by atoms with Gasteiger partial charge in [0, 0.05) is 6.42 Å². The Morgan fingerprint density at radius 2 is 1.30 bits per heavy atom. The summed E-state index contributed by atoms with van der Waals surface area (Å²) in [6, 6.07) is -0.322. The van der Waals surface area contributed by atoms with E-state index in [2.05, 4.69) is 73.0 Å². The topological polar surface area (TPSA) is 64.6 Å². The van der Waals surface area contributed by atoms with Crippen LogP contribution in [0.1, 0.15) is 105 Å². The molecule has 1 N–H and O–H groups in total. The van der Waals surface area contributed by atoms with Crippen molar-refractivity contribution in [1.29, 1.82) is 0 Å². The number of rotatable bonds is 21. The fraction of sp³-hybridized carbons (Fsp3) is 0.625. The fourth-order valence-corrected chi connectivity index (χ4v) is 3.49. The molecule has 0 amide bonds. The van der Waals surface area contributed by atoms with E-state index in [1.165, 1.54) is 7.11 Å². The molecule has 0 spiro atoms. The van der Waals surface area contributed by atoms with Gasteiger partial charge in [0.15, 0.2) is 0 Å². The molecule has 0 fully saturated rings. The summed E-state index contributed by atoms with van der Waals surface area (Å²) in [7, 11) is 1.42. The highest BCUT2D eigenvalue weighted by Crippen LogP contribution is 2.12. The second kappa shape index (κ2) is 24.0. The zero-order chi connectivity index (χ0) is 27.6. The number of hydrogen-bond donors (Lipinski definition) is 1. The molecule has 0 aliphatic rings. The maximum absolute atomic E-state index is 12.0. The summed E-state index contributed by atoms with van der Waals surface area (Å²) in [6.45, 7) is 8.52. The number of unbranched alkanes of at least 4 members (excludes halogenated alkanes) is 3. The molecule has 210 valence electrons. The Balaban J connectivity index is 3.87. The summed E-state index contributed by atoms with van der Waals surface area (Å²) < 4.78 is 10.3. The van der Waals surface area contributed by atoms with Crippen molar-refractivity contribution >= 4 is 11.9 Å². The van der Waals surface area contributed by atoms with Crippen LogP contribution in [-0.4, -0.2) is 37.2 Å². The Morgan fingerprint density at radius 1 is 0.757 bits per heavy atom. The van der Waals surface area contributed by atoms with E-state index in [9.17, 15) is 9.59 Å². The van der Waals surface area contributed by atoms with Crippen molar-refractivity contribution in [2.45, 2.75) is 116 Å². The molecular weight excluding hydrogens is 462 g/mol. The van der Waals surface area contributed by atoms with Gasteiger partial charge in [-0.25, -0.2) is 0 Å². The van der Waals surface area contributed by atoms with Crippen molar-refractivity contribution in [3.05, 3.63) is 60.8 Å². The molecular formula is C32H53NO4. The number of nitrogens with one attached hydrogen (secondary N) is 1. The molecule has 1 atom stereocenters. The first-order valence-corrected chi connectivity index (χ1v) is 14.1. The lowest BCUT2D eigenvalue weighted by molar-refractivity contribution is -0.154. The second-order valence-electron chi connectivity index (χ2n) is 10.1. The number of esters is 2. The van der Waals surface area contributed by atoms with Gasteiger partial charge < -0.3 is 14.8 Å². The van der Waals surface area contributed by atoms with Gasteiger partial charge in [-0.1, -0.05) is 74.1 Å². The molecule has 0 rings (SSSR count). The van der Waals surface area contributed by atoms with E-state index >= 15 is 0 Å². The average molecular weight is 516 g/mol. The number of hydrogen-bond acceptors (Lipinski definition) is 5. The summed E-state index contributed by atoms with van der Waals surface area (Å²) in [5.74, 6) is -0.430. The first-order chi connectivity index (χ1) is 17.8. The smallest absolute Gasteiger partial charge is 0.322 e. The van der Waals surface area contributed by atoms with Gasteiger partial charge in [-0.05, 0) is 91.5 Å². The van der Waals surface area contributed by atoms with Crippen molar-refractivity contribution in [2.75, 3.05) is 13.7 Å². The van der Waals surface area contributed by atoms with Crippen LogP contribution in [0.15, 0.2) is 60.8 Å². The monoisotopic (exact) mass is 515 g/mol. The Bertz CT molecular complexity index is 726. The van der Waals surface area contributed by atoms with E-state index in [4.69, 9.17) is 9.47 Å². The number of allylic oxidation sites excluding steroid dienone is 10. The molecule has 0 aromatic heterocycles. The average Bonchev–Trinajstić information content (AvgIpc) is 2.85. The van der Waals surface area contributed by atoms with Crippen molar-refractivity contribution in [2.24, 2.45) is 0 Å². The van der Waals surface area contributed by atoms with Crippen molar-refractivity contribution in [3.63, 3.8) is 0 Å². The number of methoxy groups -OCH3 is 1. The van der Waals surface area contributed by atoms with Crippen LogP contribution in [0.3, 0.4) is 0 Å². The maximum Gasteiger partial charge on any atom is 0.322 e. The van der Waals surface area contributed by atoms with Crippen LogP contribution < -0.4 is 5.32 Å². The number of carbonyl (C=O) groups excluding carboxylic acids is 2. The van der Waals surface area contributed by atoms with Gasteiger partial charge in [0.2, 0.25) is 0 Å². The Hall–Kier alpha value is -2.40. The van der Waals surface area contributed by atoms with E-state index in [1.807, 2.05) is 20.8 Å². The van der Waals surface area contributed by atoms with Crippen LogP contribution in [0, 0.1) is 0 Å². The summed E-state index contributed by atoms with van der Waals surface area (Å²) in [6.07, 6.45) is 32.8. The largest absolute Gasteiger partial charge is 0.468 e. The van der Waals surface area contributed by atoms with Crippen molar-refractivity contribution in [3.8, 4) is 0 Å². The van der Waals surface area contributed by atoms with Gasteiger partial charge in [0.05, 0.1) is 7.11 Å². The Labute approximate surface area is 227 Å². The van der Waals surface area contributed by atoms with E-state index in [-0.39, 0.29) is 18.0 Å². The third kappa shape index (κ3) is 25.0. The van der Waals surface area contributed by atoms with Crippen molar-refractivity contribution in [1.82, 2.24) is 5.32 Å². The quantitative estimate of drug-likeness (QED) is 0.0955. The molecule has 0 radical (unpaired) electrons. The molecule has 0 aliphatic heterocycles.